The summed E-state index contributed by atoms with van der Waals surface area (Å²) >= 11 is 5.40. The highest BCUT2D eigenvalue weighted by atomic mass is 35.5. The van der Waals surface area contributed by atoms with Crippen LogP contribution in [0.3, 0.4) is 0 Å². The van der Waals surface area contributed by atoms with Gasteiger partial charge in [0.2, 0.25) is 0 Å². The molecule has 0 fully saturated rings. The smallest absolute Gasteiger partial charge is 0.0892 e. The van der Waals surface area contributed by atoms with Crippen LogP contribution >= 0.6 is 11.9 Å². The highest BCUT2D eigenvalue weighted by molar-refractivity contribution is 6.07. The van der Waals surface area contributed by atoms with Gasteiger partial charge in [0.05, 0.1) is 17.5 Å². The van der Waals surface area contributed by atoms with Crippen LogP contribution in [-0.4, -0.2) is 5.60 Å². The molecule has 0 aliphatic heterocycles. The molecular formula is C8H17ClO. The van der Waals surface area contributed by atoms with E-state index in [0.29, 0.717) is 0 Å². The maximum absolute atomic E-state index is 5.40. The molecule has 0 amide bonds. The van der Waals surface area contributed by atoms with Gasteiger partial charge >= 0.3 is 0 Å². The molecule has 0 unspecified atom stereocenters. The first-order valence-corrected chi connectivity index (χ1v) is 4.35. The second-order valence-electron chi connectivity index (χ2n) is 2.72. The monoisotopic (exact) mass is 164 g/mol. The Morgan fingerprint density at radius 1 is 1.20 bits per heavy atom. The maximum atomic E-state index is 5.40. The standard InChI is InChI=1S/C8H17ClO/c1-4-7-8(5-2,6-3)10-9/h4-7H2,1-3H3. The van der Waals surface area contributed by atoms with Crippen molar-refractivity contribution in [3.63, 3.8) is 0 Å². The molecule has 0 N–H and O–H groups in total. The zero-order valence-electron chi connectivity index (χ0n) is 7.11. The first-order valence-electron chi connectivity index (χ1n) is 4.04. The van der Waals surface area contributed by atoms with E-state index in [0.717, 1.165) is 25.7 Å². The van der Waals surface area contributed by atoms with Crippen LogP contribution < -0.4 is 0 Å². The Hall–Kier alpha value is 0.250. The number of halogens is 1. The van der Waals surface area contributed by atoms with Crippen LogP contribution in [0.25, 0.3) is 0 Å². The van der Waals surface area contributed by atoms with Gasteiger partial charge in [-0.05, 0) is 19.3 Å². The zero-order valence-corrected chi connectivity index (χ0v) is 7.87. The summed E-state index contributed by atoms with van der Waals surface area (Å²) in [6.07, 6.45) is 4.19. The molecule has 0 heterocycles. The van der Waals surface area contributed by atoms with Gasteiger partial charge in [-0.25, -0.2) is 0 Å². The minimum absolute atomic E-state index is 0.0592. The fourth-order valence-corrected chi connectivity index (χ4v) is 1.50. The molecule has 0 rings (SSSR count). The number of hydrogen-bond donors (Lipinski definition) is 0. The largest absolute Gasteiger partial charge is 0.273 e. The lowest BCUT2D eigenvalue weighted by Gasteiger charge is -2.26. The second kappa shape index (κ2) is 4.97. The Morgan fingerprint density at radius 2 is 1.70 bits per heavy atom. The van der Waals surface area contributed by atoms with Crippen molar-refractivity contribution in [2.75, 3.05) is 0 Å². The Labute approximate surface area is 68.9 Å². The lowest BCUT2D eigenvalue weighted by molar-refractivity contribution is 0.0618. The summed E-state index contributed by atoms with van der Waals surface area (Å²) in [5.41, 5.74) is -0.0592. The van der Waals surface area contributed by atoms with E-state index in [9.17, 15) is 0 Å². The lowest BCUT2D eigenvalue weighted by Crippen LogP contribution is -2.27. The topological polar surface area (TPSA) is 9.23 Å². The van der Waals surface area contributed by atoms with Gasteiger partial charge < -0.3 is 0 Å². The lowest BCUT2D eigenvalue weighted by atomic mass is 9.92. The minimum Gasteiger partial charge on any atom is -0.273 e. The van der Waals surface area contributed by atoms with E-state index < -0.39 is 0 Å². The quantitative estimate of drug-likeness (QED) is 0.604. The number of rotatable bonds is 5. The summed E-state index contributed by atoms with van der Waals surface area (Å²) in [6.45, 7) is 6.37. The fourth-order valence-electron chi connectivity index (χ4n) is 1.21. The van der Waals surface area contributed by atoms with Crippen LogP contribution in [0.2, 0.25) is 0 Å². The Bertz CT molecular complexity index is 71.1. The molecule has 0 saturated carbocycles. The van der Waals surface area contributed by atoms with E-state index in [-0.39, 0.29) is 5.60 Å². The third-order valence-corrected chi connectivity index (χ3v) is 2.49. The number of hydrogen-bond acceptors (Lipinski definition) is 1. The normalized spacial score (nSPS) is 12.0. The van der Waals surface area contributed by atoms with Crippen LogP contribution in [0.1, 0.15) is 46.5 Å². The van der Waals surface area contributed by atoms with Gasteiger partial charge in [0.25, 0.3) is 0 Å². The third kappa shape index (κ3) is 2.47. The van der Waals surface area contributed by atoms with Crippen LogP contribution in [0.15, 0.2) is 0 Å². The second-order valence-corrected chi connectivity index (χ2v) is 2.87. The van der Waals surface area contributed by atoms with E-state index in [1.54, 1.807) is 0 Å². The van der Waals surface area contributed by atoms with Crippen LogP contribution in [-0.2, 0) is 4.29 Å². The summed E-state index contributed by atoms with van der Waals surface area (Å²) in [7, 11) is 0. The van der Waals surface area contributed by atoms with Gasteiger partial charge in [-0.15, -0.1) is 0 Å². The fraction of sp³-hybridized carbons (Fsp3) is 1.00. The van der Waals surface area contributed by atoms with Gasteiger partial charge in [-0.1, -0.05) is 27.2 Å². The third-order valence-electron chi connectivity index (χ3n) is 2.16. The summed E-state index contributed by atoms with van der Waals surface area (Å²) < 4.78 is 4.95. The minimum atomic E-state index is -0.0592. The summed E-state index contributed by atoms with van der Waals surface area (Å²) in [6, 6.07) is 0. The van der Waals surface area contributed by atoms with Gasteiger partial charge in [0.15, 0.2) is 0 Å². The highest BCUT2D eigenvalue weighted by Crippen LogP contribution is 2.27. The van der Waals surface area contributed by atoms with E-state index in [1.807, 2.05) is 0 Å². The van der Waals surface area contributed by atoms with Crippen LogP contribution in [0, 0.1) is 0 Å². The molecule has 62 valence electrons. The molecule has 0 aliphatic rings. The molecule has 0 bridgehead atoms. The maximum Gasteiger partial charge on any atom is 0.0892 e. The van der Waals surface area contributed by atoms with Crippen LogP contribution in [0.4, 0.5) is 0 Å². The predicted molar refractivity (Wildman–Crippen MR) is 45.2 cm³/mol. The molecule has 0 aliphatic carbocycles. The molecule has 10 heavy (non-hydrogen) atoms. The van der Waals surface area contributed by atoms with Crippen molar-refractivity contribution in [3.8, 4) is 0 Å². The summed E-state index contributed by atoms with van der Waals surface area (Å²) in [5, 5.41) is 0. The van der Waals surface area contributed by atoms with Crippen molar-refractivity contribution >= 4 is 11.9 Å². The molecule has 0 spiro atoms. The Balaban J connectivity index is 3.87. The molecular weight excluding hydrogens is 148 g/mol. The molecule has 0 atom stereocenters. The molecule has 0 aromatic heterocycles. The van der Waals surface area contributed by atoms with E-state index in [2.05, 4.69) is 20.8 Å². The van der Waals surface area contributed by atoms with Crippen molar-refractivity contribution < 1.29 is 4.29 Å². The average molecular weight is 165 g/mol. The van der Waals surface area contributed by atoms with Gasteiger partial charge in [0, 0.05) is 0 Å². The van der Waals surface area contributed by atoms with E-state index in [1.165, 1.54) is 0 Å². The molecule has 0 aromatic rings. The van der Waals surface area contributed by atoms with Gasteiger partial charge in [-0.2, -0.15) is 0 Å². The van der Waals surface area contributed by atoms with E-state index in [4.69, 9.17) is 16.2 Å². The van der Waals surface area contributed by atoms with Crippen molar-refractivity contribution in [3.05, 3.63) is 0 Å². The molecule has 0 aromatic carbocycles. The molecule has 0 saturated heterocycles. The summed E-state index contributed by atoms with van der Waals surface area (Å²) in [4.78, 5) is 0. The van der Waals surface area contributed by atoms with Crippen molar-refractivity contribution in [2.45, 2.75) is 52.1 Å². The molecule has 1 nitrogen and oxygen atoms in total. The van der Waals surface area contributed by atoms with Crippen molar-refractivity contribution in [1.82, 2.24) is 0 Å². The average Bonchev–Trinajstić information content (AvgIpc) is 2.01. The Morgan fingerprint density at radius 3 is 1.80 bits per heavy atom. The predicted octanol–water partition coefficient (Wildman–Crippen LogP) is 3.52. The van der Waals surface area contributed by atoms with E-state index >= 15 is 0 Å². The highest BCUT2D eigenvalue weighted by Gasteiger charge is 2.25. The summed E-state index contributed by atoms with van der Waals surface area (Å²) in [5.74, 6) is 0. The van der Waals surface area contributed by atoms with Crippen molar-refractivity contribution in [1.29, 1.82) is 0 Å². The SMILES string of the molecule is CCCC(CC)(CC)OCl. The van der Waals surface area contributed by atoms with Crippen LogP contribution in [0.5, 0.6) is 0 Å². The zero-order chi connectivity index (χ0) is 8.04. The Kier molecular flexibility index (Phi) is 5.10. The first kappa shape index (κ1) is 10.2. The van der Waals surface area contributed by atoms with Gasteiger partial charge in [0.1, 0.15) is 0 Å². The van der Waals surface area contributed by atoms with Gasteiger partial charge in [-0.3, -0.25) is 4.29 Å². The molecule has 0 radical (unpaired) electrons. The first-order chi connectivity index (χ1) is 4.74. The van der Waals surface area contributed by atoms with Crippen molar-refractivity contribution in [2.24, 2.45) is 0 Å². The molecule has 2 heteroatoms.